The molecule has 2 nitrogen and oxygen atoms in total. The van der Waals surface area contributed by atoms with E-state index in [9.17, 15) is 0 Å². The minimum Gasteiger partial charge on any atom is -0.315 e. The lowest BCUT2D eigenvalue weighted by Gasteiger charge is -2.00. The lowest BCUT2D eigenvalue weighted by atomic mass is 10.1. The molecule has 0 radical (unpaired) electrons. The number of hydrogen-bond donors (Lipinski definition) is 1. The summed E-state index contributed by atoms with van der Waals surface area (Å²) < 4.78 is 0. The molecule has 2 aromatic heterocycles. The van der Waals surface area contributed by atoms with Crippen molar-refractivity contribution in [2.24, 2.45) is 0 Å². The van der Waals surface area contributed by atoms with Crippen molar-refractivity contribution >= 4 is 11.3 Å². The fourth-order valence-corrected chi connectivity index (χ4v) is 2.67. The predicted molar refractivity (Wildman–Crippen MR) is 73.5 cm³/mol. The van der Waals surface area contributed by atoms with Crippen molar-refractivity contribution in [1.82, 2.24) is 10.3 Å². The number of rotatable bonds is 5. The number of thiophene rings is 1. The minimum atomic E-state index is 0.935. The van der Waals surface area contributed by atoms with E-state index < -0.39 is 0 Å². The summed E-state index contributed by atoms with van der Waals surface area (Å²) >= 11 is 1.81. The maximum absolute atomic E-state index is 4.49. The van der Waals surface area contributed by atoms with Gasteiger partial charge in [0.25, 0.3) is 0 Å². The summed E-state index contributed by atoms with van der Waals surface area (Å²) in [6.45, 7) is 3.10. The zero-order chi connectivity index (χ0) is 12.1. The summed E-state index contributed by atoms with van der Waals surface area (Å²) in [5.74, 6) is 0. The third-order valence-electron chi connectivity index (χ3n) is 2.74. The lowest BCUT2D eigenvalue weighted by molar-refractivity contribution is 0.830. The first-order valence-electron chi connectivity index (χ1n) is 5.96. The van der Waals surface area contributed by atoms with Crippen molar-refractivity contribution < 1.29 is 0 Å². The molecule has 0 aromatic carbocycles. The number of aryl methyl sites for hydroxylation is 1. The van der Waals surface area contributed by atoms with Crippen LogP contribution in [0, 0.1) is 0 Å². The molecule has 0 aliphatic rings. The topological polar surface area (TPSA) is 24.9 Å². The molecule has 0 spiro atoms. The molecule has 90 valence electrons. The molecule has 3 heteroatoms. The maximum Gasteiger partial charge on any atom is 0.0447 e. The van der Waals surface area contributed by atoms with Gasteiger partial charge in [0.05, 0.1) is 0 Å². The standard InChI is InChI=1S/C14H18N2S/c1-3-11-4-5-13(16-8-11)6-12-7-14(9-15-2)17-10-12/h4-5,7-8,10,15H,3,6,9H2,1-2H3. The Balaban J connectivity index is 2.03. The van der Waals surface area contributed by atoms with E-state index in [1.54, 1.807) is 0 Å². The van der Waals surface area contributed by atoms with Crippen LogP contribution in [0.5, 0.6) is 0 Å². The van der Waals surface area contributed by atoms with Gasteiger partial charge in [0.1, 0.15) is 0 Å². The summed E-state index contributed by atoms with van der Waals surface area (Å²) in [6, 6.07) is 6.56. The van der Waals surface area contributed by atoms with Gasteiger partial charge in [-0.05, 0) is 42.1 Å². The van der Waals surface area contributed by atoms with Crippen LogP contribution in [0.25, 0.3) is 0 Å². The van der Waals surface area contributed by atoms with Gasteiger partial charge in [0.2, 0.25) is 0 Å². The van der Waals surface area contributed by atoms with Crippen LogP contribution in [-0.4, -0.2) is 12.0 Å². The highest BCUT2D eigenvalue weighted by Crippen LogP contribution is 2.17. The van der Waals surface area contributed by atoms with E-state index in [4.69, 9.17) is 0 Å². The molecule has 0 fully saturated rings. The molecule has 2 aromatic rings. The first kappa shape index (κ1) is 12.3. The number of nitrogens with zero attached hydrogens (tertiary/aromatic N) is 1. The fraction of sp³-hybridized carbons (Fsp3) is 0.357. The molecule has 0 amide bonds. The van der Waals surface area contributed by atoms with E-state index in [1.165, 1.54) is 16.0 Å². The van der Waals surface area contributed by atoms with Gasteiger partial charge in [0, 0.05) is 29.7 Å². The number of hydrogen-bond acceptors (Lipinski definition) is 3. The van der Waals surface area contributed by atoms with Crippen LogP contribution < -0.4 is 5.32 Å². The molecule has 1 N–H and O–H groups in total. The molecule has 2 rings (SSSR count). The van der Waals surface area contributed by atoms with E-state index in [1.807, 2.05) is 24.6 Å². The molecule has 0 bridgehead atoms. The number of nitrogens with one attached hydrogen (secondary N) is 1. The molecule has 0 saturated carbocycles. The highest BCUT2D eigenvalue weighted by molar-refractivity contribution is 7.10. The predicted octanol–water partition coefficient (Wildman–Crippen LogP) is 3.02. The van der Waals surface area contributed by atoms with Crippen LogP contribution in [-0.2, 0) is 19.4 Å². The smallest absolute Gasteiger partial charge is 0.0447 e. The third kappa shape index (κ3) is 3.38. The van der Waals surface area contributed by atoms with Crippen LogP contribution in [0.15, 0.2) is 29.8 Å². The van der Waals surface area contributed by atoms with Gasteiger partial charge in [-0.2, -0.15) is 0 Å². The lowest BCUT2D eigenvalue weighted by Crippen LogP contribution is -2.02. The summed E-state index contributed by atoms with van der Waals surface area (Å²) in [5.41, 5.74) is 3.81. The van der Waals surface area contributed by atoms with Gasteiger partial charge in [-0.1, -0.05) is 13.0 Å². The monoisotopic (exact) mass is 246 g/mol. The molecule has 0 atom stereocenters. The second kappa shape index (κ2) is 5.94. The Kier molecular flexibility index (Phi) is 4.29. The van der Waals surface area contributed by atoms with Gasteiger partial charge < -0.3 is 5.32 Å². The van der Waals surface area contributed by atoms with E-state index in [0.717, 1.165) is 25.1 Å². The largest absolute Gasteiger partial charge is 0.315 e. The Morgan fingerprint density at radius 2 is 2.18 bits per heavy atom. The molecule has 0 aliphatic carbocycles. The van der Waals surface area contributed by atoms with Crippen molar-refractivity contribution in [3.05, 3.63) is 51.5 Å². The maximum atomic E-state index is 4.49. The molecule has 0 unspecified atom stereocenters. The van der Waals surface area contributed by atoms with Gasteiger partial charge >= 0.3 is 0 Å². The Morgan fingerprint density at radius 1 is 1.29 bits per heavy atom. The molecular formula is C14H18N2S. The van der Waals surface area contributed by atoms with Crippen molar-refractivity contribution in [1.29, 1.82) is 0 Å². The quantitative estimate of drug-likeness (QED) is 0.877. The Hall–Kier alpha value is -1.19. The Bertz CT molecular complexity index is 459. The zero-order valence-electron chi connectivity index (χ0n) is 10.4. The Labute approximate surface area is 107 Å². The van der Waals surface area contributed by atoms with Gasteiger partial charge in [0.15, 0.2) is 0 Å². The zero-order valence-corrected chi connectivity index (χ0v) is 11.2. The minimum absolute atomic E-state index is 0.935. The van der Waals surface area contributed by atoms with Gasteiger partial charge in [-0.3, -0.25) is 4.98 Å². The van der Waals surface area contributed by atoms with E-state index >= 15 is 0 Å². The number of pyridine rings is 1. The summed E-state index contributed by atoms with van der Waals surface area (Å²) in [5, 5.41) is 5.40. The second-order valence-corrected chi connectivity index (χ2v) is 5.14. The summed E-state index contributed by atoms with van der Waals surface area (Å²) in [7, 11) is 1.98. The van der Waals surface area contributed by atoms with Crippen LogP contribution in [0.4, 0.5) is 0 Å². The van der Waals surface area contributed by atoms with Gasteiger partial charge in [-0.25, -0.2) is 0 Å². The van der Waals surface area contributed by atoms with Crippen LogP contribution in [0.1, 0.15) is 28.6 Å². The highest BCUT2D eigenvalue weighted by atomic mass is 32.1. The average Bonchev–Trinajstić information content (AvgIpc) is 2.78. The van der Waals surface area contributed by atoms with Crippen molar-refractivity contribution in [2.45, 2.75) is 26.3 Å². The van der Waals surface area contributed by atoms with E-state index in [-0.39, 0.29) is 0 Å². The first-order chi connectivity index (χ1) is 8.31. The SMILES string of the molecule is CCc1ccc(Cc2csc(CNC)c2)nc1. The van der Waals surface area contributed by atoms with Crippen LogP contribution >= 0.6 is 11.3 Å². The van der Waals surface area contributed by atoms with Crippen LogP contribution in [0.3, 0.4) is 0 Å². The van der Waals surface area contributed by atoms with E-state index in [0.29, 0.717) is 0 Å². The summed E-state index contributed by atoms with van der Waals surface area (Å²) in [4.78, 5) is 5.87. The third-order valence-corrected chi connectivity index (χ3v) is 3.72. The average molecular weight is 246 g/mol. The number of aromatic nitrogens is 1. The van der Waals surface area contributed by atoms with Crippen molar-refractivity contribution in [3.8, 4) is 0 Å². The van der Waals surface area contributed by atoms with Crippen LogP contribution in [0.2, 0.25) is 0 Å². The normalized spacial score (nSPS) is 10.7. The molecule has 0 aliphatic heterocycles. The summed E-state index contributed by atoms with van der Waals surface area (Å²) in [6.07, 6.45) is 3.97. The van der Waals surface area contributed by atoms with Crippen molar-refractivity contribution in [2.75, 3.05) is 7.05 Å². The molecule has 17 heavy (non-hydrogen) atoms. The van der Waals surface area contributed by atoms with Gasteiger partial charge in [-0.15, -0.1) is 11.3 Å². The molecular weight excluding hydrogens is 228 g/mol. The fourth-order valence-electron chi connectivity index (χ4n) is 1.76. The second-order valence-electron chi connectivity index (χ2n) is 4.14. The molecule has 0 saturated heterocycles. The highest BCUT2D eigenvalue weighted by Gasteiger charge is 2.02. The Morgan fingerprint density at radius 3 is 2.82 bits per heavy atom. The molecule has 2 heterocycles. The van der Waals surface area contributed by atoms with E-state index in [2.05, 4.69) is 40.8 Å². The first-order valence-corrected chi connectivity index (χ1v) is 6.84. The van der Waals surface area contributed by atoms with Crippen molar-refractivity contribution in [3.63, 3.8) is 0 Å².